The first-order valence-corrected chi connectivity index (χ1v) is 7.84. The highest BCUT2D eigenvalue weighted by Gasteiger charge is 2.05. The van der Waals surface area contributed by atoms with Crippen LogP contribution in [0.5, 0.6) is 5.75 Å². The fourth-order valence-electron chi connectivity index (χ4n) is 1.77. The summed E-state index contributed by atoms with van der Waals surface area (Å²) >= 11 is 0. The van der Waals surface area contributed by atoms with E-state index in [2.05, 4.69) is 10.0 Å². The third kappa shape index (κ3) is 3.98. The predicted molar refractivity (Wildman–Crippen MR) is 83.9 cm³/mol. The van der Waals surface area contributed by atoms with Gasteiger partial charge in [0.15, 0.2) is 0 Å². The zero-order valence-electron chi connectivity index (χ0n) is 12.1. The van der Waals surface area contributed by atoms with Gasteiger partial charge in [-0.05, 0) is 36.4 Å². The highest BCUT2D eigenvalue weighted by molar-refractivity contribution is 7.94. The summed E-state index contributed by atoms with van der Waals surface area (Å²) in [6, 6.07) is 12.3. The lowest BCUT2D eigenvalue weighted by Gasteiger charge is -2.22. The lowest BCUT2D eigenvalue weighted by molar-refractivity contribution is -0.114. The molecule has 2 aromatic rings. The molecular formula is C15H15N2O4S-. The van der Waals surface area contributed by atoms with Crippen molar-refractivity contribution in [1.29, 1.82) is 0 Å². The molecule has 0 bridgehead atoms. The van der Waals surface area contributed by atoms with Crippen molar-refractivity contribution in [3.63, 3.8) is 0 Å². The van der Waals surface area contributed by atoms with Gasteiger partial charge >= 0.3 is 0 Å². The number of nitrogens with zero attached hydrogens (tertiary/aromatic N) is 1. The second-order valence-corrected chi connectivity index (χ2v) is 6.08. The standard InChI is InChI=1S/C15H15N2O4S/c1-11(18)16-12-6-8-15(9-7-12)22(19,20)17-13-4-3-5-14(10-13)21-2/h3-10H,1-2H3,(H,16,18)/q-1. The number of hydrogen-bond donors (Lipinski definition) is 1. The molecule has 0 aliphatic carbocycles. The average molecular weight is 319 g/mol. The van der Waals surface area contributed by atoms with Crippen LogP contribution in [0.4, 0.5) is 11.4 Å². The van der Waals surface area contributed by atoms with E-state index in [9.17, 15) is 13.2 Å². The van der Waals surface area contributed by atoms with Crippen LogP contribution in [0.3, 0.4) is 0 Å². The minimum atomic E-state index is -3.83. The second kappa shape index (κ2) is 6.48. The smallest absolute Gasteiger partial charge is 0.221 e. The van der Waals surface area contributed by atoms with Crippen LogP contribution < -0.4 is 10.1 Å². The molecule has 0 aliphatic rings. The summed E-state index contributed by atoms with van der Waals surface area (Å²) in [5, 5.41) is 2.57. The minimum absolute atomic E-state index is 0.0458. The summed E-state index contributed by atoms with van der Waals surface area (Å²) in [5.74, 6) is 0.300. The number of methoxy groups -OCH3 is 1. The quantitative estimate of drug-likeness (QED) is 0.917. The molecule has 0 radical (unpaired) electrons. The molecule has 0 aliphatic heterocycles. The van der Waals surface area contributed by atoms with Crippen molar-refractivity contribution in [1.82, 2.24) is 0 Å². The minimum Gasteiger partial charge on any atom is -0.573 e. The number of anilines is 1. The number of nitrogens with one attached hydrogen (secondary N) is 1. The van der Waals surface area contributed by atoms with Crippen molar-refractivity contribution in [3.8, 4) is 5.75 Å². The van der Waals surface area contributed by atoms with Crippen LogP contribution in [0.15, 0.2) is 53.4 Å². The van der Waals surface area contributed by atoms with Crippen molar-refractivity contribution < 1.29 is 17.9 Å². The number of sulfonamides is 1. The van der Waals surface area contributed by atoms with Gasteiger partial charge in [-0.3, -0.25) is 4.79 Å². The molecule has 0 spiro atoms. The lowest BCUT2D eigenvalue weighted by atomic mass is 10.3. The van der Waals surface area contributed by atoms with Crippen molar-refractivity contribution >= 4 is 27.3 Å². The lowest BCUT2D eigenvalue weighted by Crippen LogP contribution is -2.06. The largest absolute Gasteiger partial charge is 0.573 e. The first-order valence-electron chi connectivity index (χ1n) is 6.40. The maximum Gasteiger partial charge on any atom is 0.221 e. The van der Waals surface area contributed by atoms with E-state index in [1.54, 1.807) is 18.2 Å². The zero-order chi connectivity index (χ0) is 16.2. The first-order chi connectivity index (χ1) is 10.4. The summed E-state index contributed by atoms with van der Waals surface area (Å²) in [6.45, 7) is 1.38. The van der Waals surface area contributed by atoms with E-state index in [4.69, 9.17) is 4.74 Å². The predicted octanol–water partition coefficient (Wildman–Crippen LogP) is 3.05. The van der Waals surface area contributed by atoms with Crippen molar-refractivity contribution in [2.45, 2.75) is 11.8 Å². The summed E-state index contributed by atoms with van der Waals surface area (Å²) in [4.78, 5) is 11.0. The SMILES string of the molecule is COc1cccc([N-]S(=O)(=O)c2ccc(NC(C)=O)cc2)c1. The highest BCUT2D eigenvalue weighted by atomic mass is 32.2. The van der Waals surface area contributed by atoms with Gasteiger partial charge in [0.2, 0.25) is 5.91 Å². The number of rotatable bonds is 5. The fraction of sp³-hybridized carbons (Fsp3) is 0.133. The Balaban J connectivity index is 2.20. The Morgan fingerprint density at radius 1 is 1.14 bits per heavy atom. The molecule has 0 unspecified atom stereocenters. The van der Waals surface area contributed by atoms with Crippen molar-refractivity contribution in [2.24, 2.45) is 0 Å². The topological polar surface area (TPSA) is 86.6 Å². The number of amides is 1. The third-order valence-electron chi connectivity index (χ3n) is 2.75. The summed E-state index contributed by atoms with van der Waals surface area (Å²) in [7, 11) is -2.33. The van der Waals surface area contributed by atoms with Gasteiger partial charge < -0.3 is 14.8 Å². The van der Waals surface area contributed by atoms with Gasteiger partial charge in [-0.25, -0.2) is 8.42 Å². The molecule has 0 atom stereocenters. The number of hydrogen-bond acceptors (Lipinski definition) is 4. The molecule has 1 N–H and O–H groups in total. The van der Waals surface area contributed by atoms with Gasteiger partial charge in [-0.15, -0.1) is 5.69 Å². The van der Waals surface area contributed by atoms with Crippen LogP contribution in [0.1, 0.15) is 6.92 Å². The molecule has 0 heterocycles. The Kier molecular flexibility index (Phi) is 4.67. The van der Waals surface area contributed by atoms with Crippen LogP contribution in [-0.2, 0) is 14.8 Å². The Labute approximate surface area is 129 Å². The third-order valence-corrected chi connectivity index (χ3v) is 4.07. The summed E-state index contributed by atoms with van der Waals surface area (Å²) in [5.41, 5.74) is 0.804. The molecule has 116 valence electrons. The van der Waals surface area contributed by atoms with E-state index in [0.717, 1.165) is 0 Å². The number of carbonyl (C=O) groups is 1. The molecule has 0 aromatic heterocycles. The van der Waals surface area contributed by atoms with Gasteiger partial charge in [0, 0.05) is 12.6 Å². The number of ether oxygens (including phenoxy) is 1. The molecule has 22 heavy (non-hydrogen) atoms. The molecular weight excluding hydrogens is 304 g/mol. The van der Waals surface area contributed by atoms with Gasteiger partial charge in [-0.2, -0.15) is 0 Å². The molecule has 0 saturated heterocycles. The molecule has 1 amide bonds. The average Bonchev–Trinajstić information content (AvgIpc) is 2.47. The normalized spacial score (nSPS) is 10.8. The maximum absolute atomic E-state index is 12.2. The van der Waals surface area contributed by atoms with E-state index in [1.807, 2.05) is 0 Å². The van der Waals surface area contributed by atoms with Crippen LogP contribution >= 0.6 is 0 Å². The molecule has 6 nitrogen and oxygen atoms in total. The second-order valence-electron chi connectivity index (χ2n) is 4.47. The Bertz CT molecular complexity index is 770. The number of carbonyl (C=O) groups excluding carboxylic acids is 1. The van der Waals surface area contributed by atoms with Crippen LogP contribution in [0.2, 0.25) is 0 Å². The fourth-order valence-corrected chi connectivity index (χ4v) is 2.75. The monoisotopic (exact) mass is 319 g/mol. The molecule has 2 rings (SSSR count). The van der Waals surface area contributed by atoms with Gasteiger partial charge in [0.25, 0.3) is 0 Å². The molecule has 7 heteroatoms. The van der Waals surface area contributed by atoms with Gasteiger partial charge in [0.1, 0.15) is 15.8 Å². The van der Waals surface area contributed by atoms with Gasteiger partial charge in [-0.1, -0.05) is 12.1 Å². The van der Waals surface area contributed by atoms with E-state index < -0.39 is 10.0 Å². The molecule has 2 aromatic carbocycles. The zero-order valence-corrected chi connectivity index (χ0v) is 12.9. The first kappa shape index (κ1) is 15.8. The van der Waals surface area contributed by atoms with Crippen LogP contribution in [0.25, 0.3) is 4.72 Å². The van der Waals surface area contributed by atoms with E-state index in [-0.39, 0.29) is 16.5 Å². The van der Waals surface area contributed by atoms with Crippen LogP contribution in [0, 0.1) is 0 Å². The van der Waals surface area contributed by atoms with E-state index >= 15 is 0 Å². The Morgan fingerprint density at radius 2 is 1.82 bits per heavy atom. The summed E-state index contributed by atoms with van der Waals surface area (Å²) < 4.78 is 33.3. The van der Waals surface area contributed by atoms with Crippen LogP contribution in [-0.4, -0.2) is 21.4 Å². The van der Waals surface area contributed by atoms with Gasteiger partial charge in [0.05, 0.1) is 12.0 Å². The molecule has 0 fully saturated rings. The Hall–Kier alpha value is -2.54. The van der Waals surface area contributed by atoms with E-state index in [1.165, 1.54) is 44.4 Å². The van der Waals surface area contributed by atoms with Crippen molar-refractivity contribution in [3.05, 3.63) is 53.3 Å². The Morgan fingerprint density at radius 3 is 2.41 bits per heavy atom. The van der Waals surface area contributed by atoms with E-state index in [0.29, 0.717) is 11.4 Å². The van der Waals surface area contributed by atoms with Crippen molar-refractivity contribution in [2.75, 3.05) is 12.4 Å². The maximum atomic E-state index is 12.2. The summed E-state index contributed by atoms with van der Waals surface area (Å²) in [6.07, 6.45) is 0. The highest BCUT2D eigenvalue weighted by Crippen LogP contribution is 2.30. The number of benzene rings is 2. The molecule has 0 saturated carbocycles.